The third kappa shape index (κ3) is 3.49. The van der Waals surface area contributed by atoms with Gasteiger partial charge in [0.25, 0.3) is 11.6 Å². The average Bonchev–Trinajstić information content (AvgIpc) is 2.73. The fourth-order valence-electron chi connectivity index (χ4n) is 4.86. The Kier molecular flexibility index (Phi) is 5.10. The third-order valence-corrected chi connectivity index (χ3v) is 6.45. The number of carbonyl (C=O) groups is 1. The summed E-state index contributed by atoms with van der Waals surface area (Å²) in [4.78, 5) is 26.2. The number of nitro groups is 1. The molecule has 1 aliphatic rings. The quantitative estimate of drug-likeness (QED) is 0.354. The van der Waals surface area contributed by atoms with E-state index < -0.39 is 10.5 Å². The van der Waals surface area contributed by atoms with Gasteiger partial charge in [-0.1, -0.05) is 67.1 Å². The molecule has 4 rings (SSSR count). The van der Waals surface area contributed by atoms with E-state index in [9.17, 15) is 14.9 Å². The molecule has 1 heterocycles. The number of para-hydroxylation sites is 1. The number of anilines is 1. The summed E-state index contributed by atoms with van der Waals surface area (Å²) in [5.74, 6) is -0.285. The van der Waals surface area contributed by atoms with Crippen molar-refractivity contribution >= 4 is 28.9 Å². The Morgan fingerprint density at radius 1 is 1.00 bits per heavy atom. The molecule has 1 aliphatic heterocycles. The number of benzene rings is 3. The zero-order chi connectivity index (χ0) is 22.4. The highest BCUT2D eigenvalue weighted by atomic mass is 35.5. The number of fused-ring (bicyclic) bond motifs is 1. The molecule has 0 fully saturated rings. The molecule has 0 unspecified atom stereocenters. The van der Waals surface area contributed by atoms with Crippen LogP contribution in [0, 0.1) is 10.1 Å². The Bertz CT molecular complexity index is 1180. The van der Waals surface area contributed by atoms with Gasteiger partial charge in [-0.25, -0.2) is 0 Å². The largest absolute Gasteiger partial charge is 0.302 e. The fraction of sp³-hybridized carbons (Fsp3) is 0.240. The predicted octanol–water partition coefficient (Wildman–Crippen LogP) is 6.38. The number of carbonyl (C=O) groups excluding carboxylic acids is 1. The second-order valence-corrected chi connectivity index (χ2v) is 9.18. The summed E-state index contributed by atoms with van der Waals surface area (Å²) in [6.45, 7) is 6.27. The Morgan fingerprint density at radius 2 is 1.65 bits per heavy atom. The highest BCUT2D eigenvalue weighted by molar-refractivity contribution is 6.32. The van der Waals surface area contributed by atoms with Crippen LogP contribution in [0.2, 0.25) is 5.02 Å². The van der Waals surface area contributed by atoms with Crippen molar-refractivity contribution < 1.29 is 9.72 Å². The summed E-state index contributed by atoms with van der Waals surface area (Å²) in [5.41, 5.74) is 2.19. The Hall–Kier alpha value is -3.18. The van der Waals surface area contributed by atoms with Crippen molar-refractivity contribution in [3.8, 4) is 0 Å². The van der Waals surface area contributed by atoms with Crippen molar-refractivity contribution in [1.29, 1.82) is 0 Å². The maximum absolute atomic E-state index is 13.7. The molecule has 0 saturated heterocycles. The van der Waals surface area contributed by atoms with E-state index in [2.05, 4.69) is 25.1 Å². The molecule has 3 aromatic carbocycles. The summed E-state index contributed by atoms with van der Waals surface area (Å²) in [6, 6.07) is 22.4. The van der Waals surface area contributed by atoms with Gasteiger partial charge in [-0.05, 0) is 49.6 Å². The molecule has 0 aliphatic carbocycles. The normalized spacial score (nSPS) is 19.5. The SMILES string of the molecule is CC1(C)C[C@@](C)(c2ccccc2)c2ccccc2N1C(=O)c1ccc(Cl)c([N+](=O)[O-])c1. The molecule has 31 heavy (non-hydrogen) atoms. The minimum Gasteiger partial charge on any atom is -0.302 e. The lowest BCUT2D eigenvalue weighted by molar-refractivity contribution is -0.384. The van der Waals surface area contributed by atoms with Crippen LogP contribution in [0.25, 0.3) is 0 Å². The van der Waals surface area contributed by atoms with Crippen LogP contribution in [0.1, 0.15) is 48.7 Å². The maximum Gasteiger partial charge on any atom is 0.288 e. The van der Waals surface area contributed by atoms with Crippen LogP contribution in [-0.4, -0.2) is 16.4 Å². The van der Waals surface area contributed by atoms with Crippen LogP contribution in [0.15, 0.2) is 72.8 Å². The van der Waals surface area contributed by atoms with Crippen molar-refractivity contribution in [1.82, 2.24) is 0 Å². The van der Waals surface area contributed by atoms with E-state index >= 15 is 0 Å². The first-order chi connectivity index (χ1) is 14.6. The summed E-state index contributed by atoms with van der Waals surface area (Å²) >= 11 is 5.96. The van der Waals surface area contributed by atoms with Gasteiger partial charge in [-0.3, -0.25) is 14.9 Å². The highest BCUT2D eigenvalue weighted by Gasteiger charge is 2.47. The van der Waals surface area contributed by atoms with Gasteiger partial charge < -0.3 is 4.90 Å². The first kappa shape index (κ1) is 21.1. The molecule has 0 spiro atoms. The van der Waals surface area contributed by atoms with Crippen molar-refractivity contribution in [2.75, 3.05) is 4.90 Å². The Labute approximate surface area is 186 Å². The molecule has 1 atom stereocenters. The van der Waals surface area contributed by atoms with Gasteiger partial charge in [0.1, 0.15) is 5.02 Å². The molecule has 0 aromatic heterocycles. The topological polar surface area (TPSA) is 63.5 Å². The lowest BCUT2D eigenvalue weighted by atomic mass is 9.65. The Balaban J connectivity index is 1.87. The molecule has 0 saturated carbocycles. The molecule has 0 bridgehead atoms. The van der Waals surface area contributed by atoms with Gasteiger partial charge in [-0.2, -0.15) is 0 Å². The van der Waals surface area contributed by atoms with Crippen LogP contribution < -0.4 is 4.90 Å². The second kappa shape index (κ2) is 7.50. The van der Waals surface area contributed by atoms with Crippen molar-refractivity contribution in [3.63, 3.8) is 0 Å². The van der Waals surface area contributed by atoms with E-state index in [4.69, 9.17) is 11.6 Å². The van der Waals surface area contributed by atoms with Crippen molar-refractivity contribution in [3.05, 3.63) is 105 Å². The number of rotatable bonds is 3. The molecular formula is C25H23ClN2O3. The zero-order valence-corrected chi connectivity index (χ0v) is 18.4. The molecule has 1 amide bonds. The van der Waals surface area contributed by atoms with Gasteiger partial charge in [0, 0.05) is 28.3 Å². The summed E-state index contributed by atoms with van der Waals surface area (Å²) in [5, 5.41) is 11.3. The van der Waals surface area contributed by atoms with E-state index in [1.165, 1.54) is 17.7 Å². The smallest absolute Gasteiger partial charge is 0.288 e. The molecule has 6 heteroatoms. The molecule has 0 N–H and O–H groups in total. The van der Waals surface area contributed by atoms with Gasteiger partial charge in [0.05, 0.1) is 4.92 Å². The van der Waals surface area contributed by atoms with Gasteiger partial charge in [0.2, 0.25) is 0 Å². The van der Waals surface area contributed by atoms with E-state index in [1.807, 2.05) is 50.2 Å². The maximum atomic E-state index is 13.7. The van der Waals surface area contributed by atoms with E-state index in [0.29, 0.717) is 6.42 Å². The van der Waals surface area contributed by atoms with Gasteiger partial charge >= 0.3 is 0 Å². The minimum absolute atomic E-state index is 0.0107. The van der Waals surface area contributed by atoms with E-state index in [1.54, 1.807) is 11.0 Å². The molecule has 3 aromatic rings. The monoisotopic (exact) mass is 434 g/mol. The standard InChI is InChI=1S/C25H23ClN2O3/c1-24(2)16-25(3,18-9-5-4-6-10-18)19-11-7-8-12-21(19)27(24)23(29)17-13-14-20(26)22(15-17)28(30)31/h4-15H,16H2,1-3H3/t25-/m0/s1. The van der Waals surface area contributed by atoms with Crippen LogP contribution in [0.4, 0.5) is 11.4 Å². The molecule has 158 valence electrons. The van der Waals surface area contributed by atoms with Gasteiger partial charge in [-0.15, -0.1) is 0 Å². The lowest BCUT2D eigenvalue weighted by Crippen LogP contribution is -2.55. The lowest BCUT2D eigenvalue weighted by Gasteiger charge is -2.51. The number of halogens is 1. The number of nitrogens with zero attached hydrogens (tertiary/aromatic N) is 2. The van der Waals surface area contributed by atoms with E-state index in [0.717, 1.165) is 11.3 Å². The van der Waals surface area contributed by atoms with Gasteiger partial charge in [0.15, 0.2) is 0 Å². The summed E-state index contributed by atoms with van der Waals surface area (Å²) in [6.07, 6.45) is 0.697. The average molecular weight is 435 g/mol. The first-order valence-electron chi connectivity index (χ1n) is 10.1. The van der Waals surface area contributed by atoms with Crippen LogP contribution in [0.5, 0.6) is 0 Å². The summed E-state index contributed by atoms with van der Waals surface area (Å²) in [7, 11) is 0. The zero-order valence-electron chi connectivity index (χ0n) is 17.6. The molecule has 5 nitrogen and oxygen atoms in total. The highest BCUT2D eigenvalue weighted by Crippen LogP contribution is 2.50. The fourth-order valence-corrected chi connectivity index (χ4v) is 5.05. The van der Waals surface area contributed by atoms with E-state index in [-0.39, 0.29) is 27.6 Å². The second-order valence-electron chi connectivity index (χ2n) is 8.77. The van der Waals surface area contributed by atoms with Crippen molar-refractivity contribution in [2.24, 2.45) is 0 Å². The number of amides is 1. The molecule has 0 radical (unpaired) electrons. The number of hydrogen-bond donors (Lipinski definition) is 0. The number of nitro benzene ring substituents is 1. The Morgan fingerprint density at radius 3 is 2.32 bits per heavy atom. The number of hydrogen-bond acceptors (Lipinski definition) is 3. The van der Waals surface area contributed by atoms with Crippen LogP contribution in [0.3, 0.4) is 0 Å². The molecular weight excluding hydrogens is 412 g/mol. The third-order valence-electron chi connectivity index (χ3n) is 6.13. The predicted molar refractivity (Wildman–Crippen MR) is 123 cm³/mol. The van der Waals surface area contributed by atoms with Crippen LogP contribution >= 0.6 is 11.6 Å². The summed E-state index contributed by atoms with van der Waals surface area (Å²) < 4.78 is 0. The minimum atomic E-state index is -0.569. The first-order valence-corrected chi connectivity index (χ1v) is 10.5. The van der Waals surface area contributed by atoms with Crippen LogP contribution in [-0.2, 0) is 5.41 Å². The van der Waals surface area contributed by atoms with Crippen molar-refractivity contribution in [2.45, 2.75) is 38.1 Å².